The molecule has 2 aromatic carbocycles. The summed E-state index contributed by atoms with van der Waals surface area (Å²) >= 11 is 3.93. The van der Waals surface area contributed by atoms with Crippen molar-refractivity contribution in [1.82, 2.24) is 14.5 Å². The Kier molecular flexibility index (Phi) is 4.78. The predicted octanol–water partition coefficient (Wildman–Crippen LogP) is 2.61. The summed E-state index contributed by atoms with van der Waals surface area (Å²) in [6.45, 7) is 0.161. The molecule has 3 aromatic rings. The van der Waals surface area contributed by atoms with Crippen molar-refractivity contribution in [2.24, 2.45) is 0 Å². The molecule has 1 amide bonds. The molecule has 144 valence electrons. The van der Waals surface area contributed by atoms with Gasteiger partial charge in [-0.05, 0) is 29.8 Å². The molecule has 0 aliphatic carbocycles. The fourth-order valence-electron chi connectivity index (χ4n) is 2.92. The highest BCUT2D eigenvalue weighted by atomic mass is 35.5. The summed E-state index contributed by atoms with van der Waals surface area (Å²) in [5, 5.41) is 14.9. The van der Waals surface area contributed by atoms with Crippen molar-refractivity contribution in [2.75, 3.05) is 10.8 Å². The second-order valence-electron chi connectivity index (χ2n) is 6.16. The maximum Gasteiger partial charge on any atom is 0.253 e. The monoisotopic (exact) mass is 420 g/mol. The molecule has 1 aromatic heterocycles. The van der Waals surface area contributed by atoms with Gasteiger partial charge in [-0.2, -0.15) is 5.10 Å². The van der Waals surface area contributed by atoms with Crippen LogP contribution in [0.5, 0.6) is 5.75 Å². The zero-order chi connectivity index (χ0) is 19.8. The van der Waals surface area contributed by atoms with Crippen molar-refractivity contribution in [3.05, 3.63) is 65.2 Å². The van der Waals surface area contributed by atoms with Crippen LogP contribution in [-0.2, 0) is 22.5 Å². The molecule has 0 spiro atoms. The maximum atomic E-state index is 15.1. The number of halogens is 2. The highest BCUT2D eigenvalue weighted by Crippen LogP contribution is 2.38. The van der Waals surface area contributed by atoms with E-state index in [2.05, 4.69) is 9.82 Å². The SMILES string of the molecule is O=C1CN(c2c(O)ccc(-c3cnn(Cc4ccc(Cl)cc4)c3)c2F)S(=O)N1. The summed E-state index contributed by atoms with van der Waals surface area (Å²) in [4.78, 5) is 11.4. The number of aromatic hydroxyl groups is 1. The van der Waals surface area contributed by atoms with Gasteiger partial charge in [0.15, 0.2) is 5.82 Å². The van der Waals surface area contributed by atoms with Crippen LogP contribution in [0.4, 0.5) is 10.1 Å². The standard InChI is InChI=1S/C18H14ClFN4O3S/c19-13-3-1-11(2-4-13)8-23-9-12(7-21-23)14-5-6-15(25)18(17(14)20)24-10-16(26)22-28(24)27/h1-7,9,25H,8,10H2,(H,22,26). The van der Waals surface area contributed by atoms with Crippen LogP contribution >= 0.6 is 11.6 Å². The number of nitrogens with one attached hydrogen (secondary N) is 1. The van der Waals surface area contributed by atoms with Crippen LogP contribution in [-0.4, -0.2) is 31.5 Å². The number of amides is 1. The van der Waals surface area contributed by atoms with Crippen LogP contribution in [0.15, 0.2) is 48.8 Å². The molecule has 1 fully saturated rings. The van der Waals surface area contributed by atoms with Gasteiger partial charge in [0.2, 0.25) is 11.2 Å². The Morgan fingerprint density at radius 1 is 1.25 bits per heavy atom. The lowest BCUT2D eigenvalue weighted by molar-refractivity contribution is -0.117. The number of rotatable bonds is 4. The fraction of sp³-hybridized carbons (Fsp3) is 0.111. The lowest BCUT2D eigenvalue weighted by Crippen LogP contribution is -2.23. The van der Waals surface area contributed by atoms with E-state index in [0.717, 1.165) is 9.87 Å². The van der Waals surface area contributed by atoms with Crippen molar-refractivity contribution in [2.45, 2.75) is 6.54 Å². The molecule has 1 aliphatic rings. The van der Waals surface area contributed by atoms with Crippen molar-refractivity contribution >= 4 is 34.4 Å². The van der Waals surface area contributed by atoms with Gasteiger partial charge in [0.05, 0.1) is 12.7 Å². The minimum Gasteiger partial charge on any atom is -0.506 e. The number of hydrogen-bond donors (Lipinski definition) is 2. The topological polar surface area (TPSA) is 87.5 Å². The second kappa shape index (κ2) is 7.25. The van der Waals surface area contributed by atoms with Crippen LogP contribution < -0.4 is 9.03 Å². The van der Waals surface area contributed by atoms with Gasteiger partial charge in [-0.15, -0.1) is 0 Å². The maximum absolute atomic E-state index is 15.1. The number of carbonyl (C=O) groups is 1. The summed E-state index contributed by atoms with van der Waals surface area (Å²) in [5.41, 5.74) is 1.34. The Hall–Kier alpha value is -2.91. The molecule has 1 unspecified atom stereocenters. The van der Waals surface area contributed by atoms with Gasteiger partial charge in [0.25, 0.3) is 5.91 Å². The van der Waals surface area contributed by atoms with Gasteiger partial charge in [-0.3, -0.25) is 18.5 Å². The first kappa shape index (κ1) is 18.5. The predicted molar refractivity (Wildman–Crippen MR) is 103 cm³/mol. The van der Waals surface area contributed by atoms with E-state index in [-0.39, 0.29) is 17.8 Å². The molecular formula is C18H14ClFN4O3S. The summed E-state index contributed by atoms with van der Waals surface area (Å²) in [6.07, 6.45) is 3.16. The van der Waals surface area contributed by atoms with Gasteiger partial charge in [0, 0.05) is 22.3 Å². The van der Waals surface area contributed by atoms with Gasteiger partial charge >= 0.3 is 0 Å². The third kappa shape index (κ3) is 3.46. The minimum atomic E-state index is -1.95. The number of nitrogens with zero attached hydrogens (tertiary/aromatic N) is 3. The van der Waals surface area contributed by atoms with Crippen LogP contribution in [0, 0.1) is 5.82 Å². The van der Waals surface area contributed by atoms with E-state index in [9.17, 15) is 14.1 Å². The Morgan fingerprint density at radius 2 is 2.00 bits per heavy atom. The summed E-state index contributed by atoms with van der Waals surface area (Å²) < 4.78 is 31.9. The van der Waals surface area contributed by atoms with E-state index in [1.807, 2.05) is 12.1 Å². The quantitative estimate of drug-likeness (QED) is 0.679. The molecule has 2 heterocycles. The van der Waals surface area contributed by atoms with Gasteiger partial charge in [-0.25, -0.2) is 8.60 Å². The van der Waals surface area contributed by atoms with E-state index < -0.39 is 28.6 Å². The molecule has 0 bridgehead atoms. The van der Waals surface area contributed by atoms with Crippen molar-refractivity contribution in [3.63, 3.8) is 0 Å². The van der Waals surface area contributed by atoms with E-state index in [1.54, 1.807) is 23.0 Å². The van der Waals surface area contributed by atoms with Gasteiger partial charge in [-0.1, -0.05) is 23.7 Å². The molecule has 1 saturated heterocycles. The number of phenolic OH excluding ortho intramolecular Hbond substituents is 1. The zero-order valence-electron chi connectivity index (χ0n) is 14.3. The van der Waals surface area contributed by atoms with E-state index in [0.29, 0.717) is 17.1 Å². The zero-order valence-corrected chi connectivity index (χ0v) is 15.9. The Bertz CT molecular complexity index is 1090. The number of benzene rings is 2. The number of anilines is 1. The molecule has 7 nitrogen and oxygen atoms in total. The Labute approximate surface area is 167 Å². The molecule has 0 saturated carbocycles. The Balaban J connectivity index is 1.66. The molecule has 1 atom stereocenters. The van der Waals surface area contributed by atoms with Crippen molar-refractivity contribution < 1.29 is 18.5 Å². The summed E-state index contributed by atoms with van der Waals surface area (Å²) in [5.74, 6) is -1.70. The Morgan fingerprint density at radius 3 is 2.68 bits per heavy atom. The lowest BCUT2D eigenvalue weighted by atomic mass is 10.1. The average Bonchev–Trinajstić information content (AvgIpc) is 3.23. The van der Waals surface area contributed by atoms with Crippen LogP contribution in [0.1, 0.15) is 5.56 Å². The fourth-order valence-corrected chi connectivity index (χ4v) is 3.99. The third-order valence-corrected chi connectivity index (χ3v) is 5.60. The number of aromatic nitrogens is 2. The molecule has 1 aliphatic heterocycles. The highest BCUT2D eigenvalue weighted by molar-refractivity contribution is 7.85. The van der Waals surface area contributed by atoms with Crippen LogP contribution in [0.2, 0.25) is 5.02 Å². The number of carbonyl (C=O) groups excluding carboxylic acids is 1. The van der Waals surface area contributed by atoms with E-state index >= 15 is 4.39 Å². The summed E-state index contributed by atoms with van der Waals surface area (Å²) in [6, 6.07) is 10.00. The first-order chi connectivity index (χ1) is 13.4. The van der Waals surface area contributed by atoms with Gasteiger partial charge in [0.1, 0.15) is 18.0 Å². The average molecular weight is 421 g/mol. The number of phenols is 1. The van der Waals surface area contributed by atoms with Crippen LogP contribution in [0.3, 0.4) is 0 Å². The normalized spacial score (nSPS) is 16.4. The molecule has 2 N–H and O–H groups in total. The highest BCUT2D eigenvalue weighted by Gasteiger charge is 2.32. The lowest BCUT2D eigenvalue weighted by Gasteiger charge is -2.17. The third-order valence-electron chi connectivity index (χ3n) is 4.23. The van der Waals surface area contributed by atoms with Crippen molar-refractivity contribution in [1.29, 1.82) is 0 Å². The molecule has 10 heteroatoms. The minimum absolute atomic E-state index is 0.173. The largest absolute Gasteiger partial charge is 0.506 e. The van der Waals surface area contributed by atoms with Crippen LogP contribution in [0.25, 0.3) is 11.1 Å². The first-order valence-corrected chi connectivity index (χ1v) is 9.68. The number of hydrogen-bond acceptors (Lipinski definition) is 4. The molecule has 4 rings (SSSR count). The molecule has 0 radical (unpaired) electrons. The van der Waals surface area contributed by atoms with Gasteiger partial charge < -0.3 is 5.11 Å². The molecular weight excluding hydrogens is 407 g/mol. The molecule has 28 heavy (non-hydrogen) atoms. The summed E-state index contributed by atoms with van der Waals surface area (Å²) in [7, 11) is 0. The second-order valence-corrected chi connectivity index (χ2v) is 7.74. The van der Waals surface area contributed by atoms with E-state index in [1.165, 1.54) is 18.3 Å². The first-order valence-electron chi connectivity index (χ1n) is 8.20. The van der Waals surface area contributed by atoms with E-state index in [4.69, 9.17) is 11.6 Å². The van der Waals surface area contributed by atoms with Crippen molar-refractivity contribution in [3.8, 4) is 16.9 Å². The smallest absolute Gasteiger partial charge is 0.253 e.